The van der Waals surface area contributed by atoms with Crippen molar-refractivity contribution in [1.82, 2.24) is 4.90 Å². The lowest BCUT2D eigenvalue weighted by molar-refractivity contribution is 0.0803. The normalized spacial score (nSPS) is 10.1. The van der Waals surface area contributed by atoms with Crippen molar-refractivity contribution in [1.29, 1.82) is 0 Å². The van der Waals surface area contributed by atoms with E-state index in [4.69, 9.17) is 23.2 Å². The van der Waals surface area contributed by atoms with Crippen molar-refractivity contribution >= 4 is 29.1 Å². The van der Waals surface area contributed by atoms with Crippen LogP contribution in [-0.4, -0.2) is 30.3 Å². The Hall–Kier alpha value is -0.800. The summed E-state index contributed by atoms with van der Waals surface area (Å²) in [4.78, 5) is 13.1. The first kappa shape index (κ1) is 12.3. The molecule has 15 heavy (non-hydrogen) atoms. The van der Waals surface area contributed by atoms with E-state index in [1.54, 1.807) is 7.05 Å². The lowest BCUT2D eigenvalue weighted by atomic mass is 10.2. The van der Waals surface area contributed by atoms with Crippen molar-refractivity contribution in [2.75, 3.05) is 19.5 Å². The summed E-state index contributed by atoms with van der Waals surface area (Å²) in [6, 6.07) is 3.96. The van der Waals surface area contributed by atoms with Gasteiger partial charge in [0, 0.05) is 25.0 Å². The third-order valence-electron chi connectivity index (χ3n) is 1.93. The van der Waals surface area contributed by atoms with E-state index in [0.717, 1.165) is 6.07 Å². The average molecular weight is 250 g/mol. The average Bonchev–Trinajstić information content (AvgIpc) is 2.21. The van der Waals surface area contributed by atoms with Crippen LogP contribution in [0, 0.1) is 5.82 Å². The summed E-state index contributed by atoms with van der Waals surface area (Å²) < 4.78 is 13.1. The van der Waals surface area contributed by atoms with Crippen LogP contribution in [0.5, 0.6) is 0 Å². The van der Waals surface area contributed by atoms with Gasteiger partial charge in [0.05, 0.1) is 5.02 Å². The first-order chi connectivity index (χ1) is 7.06. The number of amides is 1. The monoisotopic (exact) mass is 249 g/mol. The van der Waals surface area contributed by atoms with Crippen molar-refractivity contribution in [2.24, 2.45) is 0 Å². The molecule has 1 aromatic rings. The minimum absolute atomic E-state index is 0.00606. The molecule has 0 radical (unpaired) electrons. The molecule has 5 heteroatoms. The highest BCUT2D eigenvalue weighted by Gasteiger charge is 2.12. The highest BCUT2D eigenvalue weighted by Crippen LogP contribution is 2.16. The number of rotatable bonds is 3. The molecule has 0 unspecified atom stereocenters. The van der Waals surface area contributed by atoms with Gasteiger partial charge in [-0.25, -0.2) is 4.39 Å². The number of hydrogen-bond acceptors (Lipinski definition) is 1. The summed E-state index contributed by atoms with van der Waals surface area (Å²) >= 11 is 11.0. The standard InChI is InChI=1S/C10H10Cl2FNO/c1-14(5-4-11)10(15)7-2-3-8(12)9(13)6-7/h2-3,6H,4-5H2,1H3. The number of alkyl halides is 1. The summed E-state index contributed by atoms with van der Waals surface area (Å²) in [5.74, 6) is -0.522. The third kappa shape index (κ3) is 3.08. The maximum Gasteiger partial charge on any atom is 0.253 e. The van der Waals surface area contributed by atoms with E-state index < -0.39 is 5.82 Å². The SMILES string of the molecule is CN(CCCl)C(=O)c1ccc(Cl)c(F)c1. The Labute approximate surface area is 97.6 Å². The second-order valence-corrected chi connectivity index (χ2v) is 3.83. The molecule has 0 fully saturated rings. The molecule has 1 amide bonds. The minimum Gasteiger partial charge on any atom is -0.341 e. The lowest BCUT2D eigenvalue weighted by Crippen LogP contribution is -2.28. The largest absolute Gasteiger partial charge is 0.341 e. The summed E-state index contributed by atoms with van der Waals surface area (Å²) in [6.07, 6.45) is 0. The van der Waals surface area contributed by atoms with Crippen LogP contribution in [0.1, 0.15) is 10.4 Å². The molecule has 0 bridgehead atoms. The molecule has 0 aliphatic rings. The number of nitrogens with zero attached hydrogens (tertiary/aromatic N) is 1. The fourth-order valence-electron chi connectivity index (χ4n) is 1.08. The van der Waals surface area contributed by atoms with Crippen molar-refractivity contribution in [3.05, 3.63) is 34.6 Å². The van der Waals surface area contributed by atoms with Crippen LogP contribution in [0.25, 0.3) is 0 Å². The van der Waals surface area contributed by atoms with Gasteiger partial charge in [0.15, 0.2) is 0 Å². The Balaban J connectivity index is 2.87. The summed E-state index contributed by atoms with van der Waals surface area (Å²) in [5.41, 5.74) is 0.268. The highest BCUT2D eigenvalue weighted by molar-refractivity contribution is 6.30. The molecule has 0 atom stereocenters. The van der Waals surface area contributed by atoms with E-state index in [1.165, 1.54) is 17.0 Å². The smallest absolute Gasteiger partial charge is 0.253 e. The van der Waals surface area contributed by atoms with Crippen molar-refractivity contribution in [2.45, 2.75) is 0 Å². The zero-order valence-corrected chi connectivity index (χ0v) is 9.65. The van der Waals surface area contributed by atoms with E-state index in [1.807, 2.05) is 0 Å². The zero-order valence-electron chi connectivity index (χ0n) is 8.14. The molecule has 0 heterocycles. The van der Waals surface area contributed by atoms with Crippen molar-refractivity contribution < 1.29 is 9.18 Å². The molecular formula is C10H10Cl2FNO. The Kier molecular flexibility index (Phi) is 4.36. The minimum atomic E-state index is -0.596. The van der Waals surface area contributed by atoms with Gasteiger partial charge in [0.25, 0.3) is 5.91 Å². The number of halogens is 3. The predicted octanol–water partition coefficient (Wildman–Crippen LogP) is 2.79. The third-order valence-corrected chi connectivity index (χ3v) is 2.41. The molecule has 82 valence electrons. The zero-order chi connectivity index (χ0) is 11.4. The van der Waals surface area contributed by atoms with Gasteiger partial charge in [-0.1, -0.05) is 11.6 Å². The Morgan fingerprint density at radius 1 is 1.53 bits per heavy atom. The summed E-state index contributed by atoms with van der Waals surface area (Å²) in [5, 5.41) is 0.00606. The van der Waals surface area contributed by atoms with Gasteiger partial charge in [0.1, 0.15) is 5.82 Å². The van der Waals surface area contributed by atoms with E-state index in [9.17, 15) is 9.18 Å². The quantitative estimate of drug-likeness (QED) is 0.755. The van der Waals surface area contributed by atoms with Crippen molar-refractivity contribution in [3.63, 3.8) is 0 Å². The number of hydrogen-bond donors (Lipinski definition) is 0. The van der Waals surface area contributed by atoms with Crippen LogP contribution in [0.3, 0.4) is 0 Å². The molecule has 0 saturated heterocycles. The first-order valence-corrected chi connectivity index (χ1v) is 5.24. The summed E-state index contributed by atoms with van der Waals surface area (Å²) in [7, 11) is 1.61. The van der Waals surface area contributed by atoms with E-state index >= 15 is 0 Å². The Morgan fingerprint density at radius 3 is 2.73 bits per heavy atom. The van der Waals surface area contributed by atoms with Crippen LogP contribution in [-0.2, 0) is 0 Å². The van der Waals surface area contributed by atoms with E-state index in [2.05, 4.69) is 0 Å². The Bertz CT molecular complexity index is 370. The lowest BCUT2D eigenvalue weighted by Gasteiger charge is -2.15. The fourth-order valence-corrected chi connectivity index (χ4v) is 1.45. The van der Waals surface area contributed by atoms with Crippen LogP contribution in [0.15, 0.2) is 18.2 Å². The second kappa shape index (κ2) is 5.33. The van der Waals surface area contributed by atoms with Gasteiger partial charge in [-0.15, -0.1) is 11.6 Å². The Morgan fingerprint density at radius 2 is 2.20 bits per heavy atom. The molecule has 0 spiro atoms. The molecule has 0 saturated carbocycles. The van der Waals surface area contributed by atoms with Gasteiger partial charge in [0.2, 0.25) is 0 Å². The van der Waals surface area contributed by atoms with Crippen LogP contribution < -0.4 is 0 Å². The molecule has 1 aromatic carbocycles. The molecule has 0 aliphatic heterocycles. The number of benzene rings is 1. The van der Waals surface area contributed by atoms with Gasteiger partial charge in [-0.05, 0) is 18.2 Å². The molecule has 0 aromatic heterocycles. The molecule has 0 aliphatic carbocycles. The second-order valence-electron chi connectivity index (χ2n) is 3.04. The topological polar surface area (TPSA) is 20.3 Å². The molecular weight excluding hydrogens is 240 g/mol. The van der Waals surface area contributed by atoms with Crippen LogP contribution >= 0.6 is 23.2 Å². The highest BCUT2D eigenvalue weighted by atomic mass is 35.5. The first-order valence-electron chi connectivity index (χ1n) is 4.32. The van der Waals surface area contributed by atoms with Crippen LogP contribution in [0.4, 0.5) is 4.39 Å². The molecule has 1 rings (SSSR count). The fraction of sp³-hybridized carbons (Fsp3) is 0.300. The number of carbonyl (C=O) groups excluding carboxylic acids is 1. The predicted molar refractivity (Wildman–Crippen MR) is 59.1 cm³/mol. The maximum atomic E-state index is 13.1. The van der Waals surface area contributed by atoms with Gasteiger partial charge in [-0.3, -0.25) is 4.79 Å². The van der Waals surface area contributed by atoms with E-state index in [0.29, 0.717) is 12.4 Å². The molecule has 2 nitrogen and oxygen atoms in total. The summed E-state index contributed by atoms with van der Waals surface area (Å²) in [6.45, 7) is 0.421. The number of carbonyl (C=O) groups is 1. The van der Waals surface area contributed by atoms with Gasteiger partial charge in [-0.2, -0.15) is 0 Å². The van der Waals surface area contributed by atoms with Gasteiger partial charge < -0.3 is 4.90 Å². The van der Waals surface area contributed by atoms with Crippen molar-refractivity contribution in [3.8, 4) is 0 Å². The maximum absolute atomic E-state index is 13.1. The van der Waals surface area contributed by atoms with E-state index in [-0.39, 0.29) is 16.5 Å². The van der Waals surface area contributed by atoms with Crippen LogP contribution in [0.2, 0.25) is 5.02 Å². The van der Waals surface area contributed by atoms with Gasteiger partial charge >= 0.3 is 0 Å². The molecule has 0 N–H and O–H groups in total.